The Kier molecular flexibility index (Phi) is 8.14. The summed E-state index contributed by atoms with van der Waals surface area (Å²) < 4.78 is 27.6. The van der Waals surface area contributed by atoms with Gasteiger partial charge in [0, 0.05) is 22.1 Å². The van der Waals surface area contributed by atoms with E-state index < -0.39 is 0 Å². The van der Waals surface area contributed by atoms with Gasteiger partial charge in [-0.3, -0.25) is 0 Å². The van der Waals surface area contributed by atoms with Gasteiger partial charge in [0.2, 0.25) is 0 Å². The van der Waals surface area contributed by atoms with Gasteiger partial charge in [0.25, 0.3) is 13.4 Å². The molecule has 0 bridgehead atoms. The first-order chi connectivity index (χ1) is 36.7. The Bertz CT molecular complexity index is 4610. The van der Waals surface area contributed by atoms with Gasteiger partial charge in [-0.05, 0) is 165 Å². The van der Waals surface area contributed by atoms with E-state index in [-0.39, 0.29) is 13.4 Å². The fourth-order valence-corrected chi connectivity index (χ4v) is 13.0. The lowest BCUT2D eigenvalue weighted by Crippen LogP contribution is -2.57. The molecule has 4 heterocycles. The van der Waals surface area contributed by atoms with E-state index in [1.54, 1.807) is 0 Å². The van der Waals surface area contributed by atoms with E-state index in [0.29, 0.717) is 0 Å². The lowest BCUT2D eigenvalue weighted by Gasteiger charge is -2.34. The summed E-state index contributed by atoms with van der Waals surface area (Å²) in [4.78, 5) is 0. The molecular weight excluding hydrogens is 902 g/mol. The fraction of sp³-hybridized carbons (Fsp3) is 0. The SMILES string of the molecule is c1ccc2c(c1)Oc1ccc(-c3ccc4c5ccccc5c5ccccc5c4c3)c3c1B2c1cc(-c2ccc4c(-c5ccc6c7c5Oc5ccccc5B7c5ccccc5O6)cc5ccccc5c4c2)ccc1O3. The van der Waals surface area contributed by atoms with Gasteiger partial charge >= 0.3 is 0 Å². The Morgan fingerprint density at radius 2 is 0.649 bits per heavy atom. The van der Waals surface area contributed by atoms with Crippen LogP contribution in [0.5, 0.6) is 46.0 Å². The molecule has 0 amide bonds. The zero-order chi connectivity index (χ0) is 48.2. The average molecular weight is 941 g/mol. The quantitative estimate of drug-likeness (QED) is 0.131. The first-order valence-corrected chi connectivity index (χ1v) is 25.4. The van der Waals surface area contributed by atoms with E-state index in [1.165, 1.54) is 43.1 Å². The van der Waals surface area contributed by atoms with E-state index in [0.717, 1.165) is 123 Å². The zero-order valence-electron chi connectivity index (χ0n) is 39.7. The molecule has 0 saturated carbocycles. The van der Waals surface area contributed by atoms with Crippen molar-refractivity contribution in [2.75, 3.05) is 0 Å². The van der Waals surface area contributed by atoms with Crippen LogP contribution in [0.2, 0.25) is 0 Å². The minimum atomic E-state index is -0.113. The second kappa shape index (κ2) is 15.0. The molecule has 340 valence electrons. The van der Waals surface area contributed by atoms with Crippen LogP contribution < -0.4 is 51.7 Å². The van der Waals surface area contributed by atoms with Crippen molar-refractivity contribution in [1.82, 2.24) is 0 Å². The molecule has 74 heavy (non-hydrogen) atoms. The van der Waals surface area contributed by atoms with Gasteiger partial charge in [0.15, 0.2) is 0 Å². The molecular formula is C68H38B2O4. The monoisotopic (exact) mass is 940 g/mol. The highest BCUT2D eigenvalue weighted by molar-refractivity contribution is 6.99. The van der Waals surface area contributed by atoms with Crippen molar-refractivity contribution < 1.29 is 18.9 Å². The van der Waals surface area contributed by atoms with Crippen molar-refractivity contribution in [3.63, 3.8) is 0 Å². The molecule has 0 unspecified atom stereocenters. The molecule has 13 aromatic carbocycles. The molecule has 0 radical (unpaired) electrons. The summed E-state index contributed by atoms with van der Waals surface area (Å²) in [7, 11) is 0. The summed E-state index contributed by atoms with van der Waals surface area (Å²) in [6, 6.07) is 83.0. The standard InChI is InChI=1S/C68H38B2O4/c1-2-14-43-41(13-1)36-54(51-31-34-64-66-68(51)73-61-24-12-9-21-57(61)69(66)55-19-7-10-22-59(55)71-64)50-28-25-39(35-52(43)50)40-27-32-62-58(38-40)70-56-20-8-11-23-60(56)72-63-33-30-44(67(74-62)65(63)70)42-26-29-49-47-17-4-3-15-45(47)46-16-5-6-18-48(46)53(49)37-42/h1-38H. The topological polar surface area (TPSA) is 36.9 Å². The first-order valence-electron chi connectivity index (χ1n) is 25.4. The maximum absolute atomic E-state index is 7.19. The molecule has 0 N–H and O–H groups in total. The van der Waals surface area contributed by atoms with Crippen molar-refractivity contribution in [3.05, 3.63) is 231 Å². The van der Waals surface area contributed by atoms with Crippen molar-refractivity contribution in [2.45, 2.75) is 0 Å². The van der Waals surface area contributed by atoms with E-state index in [9.17, 15) is 0 Å². The predicted octanol–water partition coefficient (Wildman–Crippen LogP) is 13.9. The number of benzene rings is 13. The predicted molar refractivity (Wildman–Crippen MR) is 306 cm³/mol. The largest absolute Gasteiger partial charge is 0.458 e. The fourth-order valence-electron chi connectivity index (χ4n) is 13.0. The third-order valence-corrected chi connectivity index (χ3v) is 16.3. The Hall–Kier alpha value is -9.51. The summed E-state index contributed by atoms with van der Waals surface area (Å²) in [5.74, 6) is 6.81. The second-order valence-corrected chi connectivity index (χ2v) is 20.1. The highest BCUT2D eigenvalue weighted by atomic mass is 16.5. The van der Waals surface area contributed by atoms with Crippen LogP contribution in [0.4, 0.5) is 0 Å². The van der Waals surface area contributed by atoms with Crippen LogP contribution in [0.3, 0.4) is 0 Å². The van der Waals surface area contributed by atoms with E-state index in [4.69, 9.17) is 18.9 Å². The first kappa shape index (κ1) is 40.1. The Morgan fingerprint density at radius 1 is 0.230 bits per heavy atom. The summed E-state index contributed by atoms with van der Waals surface area (Å²) in [5.41, 5.74) is 13.2. The van der Waals surface area contributed by atoms with Crippen LogP contribution in [0.15, 0.2) is 231 Å². The van der Waals surface area contributed by atoms with Crippen molar-refractivity contribution >= 4 is 100 Å². The number of rotatable bonds is 3. The van der Waals surface area contributed by atoms with E-state index in [1.807, 2.05) is 6.07 Å². The maximum Gasteiger partial charge on any atom is 0.260 e. The van der Waals surface area contributed by atoms with Crippen molar-refractivity contribution in [1.29, 1.82) is 0 Å². The van der Waals surface area contributed by atoms with Crippen molar-refractivity contribution in [2.24, 2.45) is 0 Å². The number of para-hydroxylation sites is 3. The lowest BCUT2D eigenvalue weighted by atomic mass is 9.34. The third kappa shape index (κ3) is 5.60. The molecule has 13 aromatic rings. The summed E-state index contributed by atoms with van der Waals surface area (Å²) in [5, 5.41) is 12.2. The van der Waals surface area contributed by atoms with Crippen LogP contribution in [-0.2, 0) is 0 Å². The van der Waals surface area contributed by atoms with Gasteiger partial charge in [-0.15, -0.1) is 0 Å². The zero-order valence-corrected chi connectivity index (χ0v) is 39.7. The van der Waals surface area contributed by atoms with Gasteiger partial charge in [-0.2, -0.15) is 0 Å². The number of hydrogen-bond donors (Lipinski definition) is 0. The summed E-state index contributed by atoms with van der Waals surface area (Å²) in [6.45, 7) is -0.128. The molecule has 0 fully saturated rings. The molecule has 4 aliphatic heterocycles. The number of fused-ring (bicyclic) bond motifs is 17. The molecule has 0 saturated heterocycles. The Balaban J connectivity index is 0.817. The van der Waals surface area contributed by atoms with Crippen molar-refractivity contribution in [3.8, 4) is 79.4 Å². The van der Waals surface area contributed by atoms with Gasteiger partial charge in [-0.25, -0.2) is 0 Å². The van der Waals surface area contributed by atoms with Gasteiger partial charge < -0.3 is 18.9 Å². The van der Waals surface area contributed by atoms with Crippen LogP contribution in [0.25, 0.3) is 87.2 Å². The summed E-state index contributed by atoms with van der Waals surface area (Å²) >= 11 is 0. The smallest absolute Gasteiger partial charge is 0.260 e. The van der Waals surface area contributed by atoms with Gasteiger partial charge in [-0.1, -0.05) is 164 Å². The molecule has 0 aromatic heterocycles. The second-order valence-electron chi connectivity index (χ2n) is 20.1. The van der Waals surface area contributed by atoms with Gasteiger partial charge in [0.1, 0.15) is 46.0 Å². The molecule has 6 heteroatoms. The van der Waals surface area contributed by atoms with Gasteiger partial charge in [0.05, 0.1) is 0 Å². The average Bonchev–Trinajstić information content (AvgIpc) is 3.46. The lowest BCUT2D eigenvalue weighted by molar-refractivity contribution is 0.465. The molecule has 0 atom stereocenters. The maximum atomic E-state index is 7.19. The number of hydrogen-bond acceptors (Lipinski definition) is 4. The van der Waals surface area contributed by atoms with Crippen LogP contribution in [0, 0.1) is 0 Å². The normalized spacial score (nSPS) is 13.2. The highest BCUT2D eigenvalue weighted by Gasteiger charge is 2.43. The molecule has 0 spiro atoms. The summed E-state index contributed by atoms with van der Waals surface area (Å²) in [6.07, 6.45) is 0. The molecule has 17 rings (SSSR count). The number of ether oxygens (including phenoxy) is 4. The molecule has 4 aliphatic rings. The Morgan fingerprint density at radius 3 is 1.31 bits per heavy atom. The highest BCUT2D eigenvalue weighted by Crippen LogP contribution is 2.47. The minimum Gasteiger partial charge on any atom is -0.458 e. The Labute approximate surface area is 426 Å². The van der Waals surface area contributed by atoms with Crippen LogP contribution in [0.1, 0.15) is 0 Å². The van der Waals surface area contributed by atoms with Crippen LogP contribution >= 0.6 is 0 Å². The van der Waals surface area contributed by atoms with E-state index in [2.05, 4.69) is 224 Å². The third-order valence-electron chi connectivity index (χ3n) is 16.3. The van der Waals surface area contributed by atoms with E-state index >= 15 is 0 Å². The molecule has 4 nitrogen and oxygen atoms in total. The molecule has 0 aliphatic carbocycles. The minimum absolute atomic E-state index is 0.0148. The van der Waals surface area contributed by atoms with Crippen LogP contribution in [-0.4, -0.2) is 13.4 Å².